The van der Waals surface area contributed by atoms with E-state index in [1.807, 2.05) is 25.1 Å². The number of aromatic hydroxyl groups is 1. The molecule has 0 bridgehead atoms. The van der Waals surface area contributed by atoms with E-state index in [0.29, 0.717) is 0 Å². The van der Waals surface area contributed by atoms with E-state index in [0.717, 1.165) is 28.2 Å². The second kappa shape index (κ2) is 8.01. The minimum absolute atomic E-state index is 0.0105. The summed E-state index contributed by atoms with van der Waals surface area (Å²) in [5.41, 5.74) is 1.36. The fraction of sp³-hybridized carbons (Fsp3) is 0.200. The minimum Gasteiger partial charge on any atom is -0.504 e. The smallest absolute Gasteiger partial charge is 0.329 e. The molecule has 0 atom stereocenters. The van der Waals surface area contributed by atoms with Crippen LogP contribution in [0.15, 0.2) is 42.1 Å². The highest BCUT2D eigenvalue weighted by Gasteiger charge is 2.34. The predicted molar refractivity (Wildman–Crippen MR) is 104 cm³/mol. The lowest BCUT2D eigenvalue weighted by molar-refractivity contribution is -0.385. The van der Waals surface area contributed by atoms with Gasteiger partial charge < -0.3 is 15.2 Å². The normalized spacial score (nSPS) is 15.0. The van der Waals surface area contributed by atoms with Crippen LogP contribution in [-0.2, 0) is 11.3 Å². The van der Waals surface area contributed by atoms with E-state index < -0.39 is 16.9 Å². The van der Waals surface area contributed by atoms with Gasteiger partial charge in [0.1, 0.15) is 5.70 Å². The summed E-state index contributed by atoms with van der Waals surface area (Å²) in [7, 11) is 0. The molecule has 1 saturated heterocycles. The molecule has 1 aliphatic heterocycles. The first-order chi connectivity index (χ1) is 13.8. The summed E-state index contributed by atoms with van der Waals surface area (Å²) in [6.07, 6.45) is 1.20. The SMILES string of the molecule is CCOc1cc([N+](=O)[O-])cc(/C=C2/NC(=O)N(Cc3cccc(C)c3)C2=O)c1O. The summed E-state index contributed by atoms with van der Waals surface area (Å²) in [5.74, 6) is -1.04. The second-order valence-corrected chi connectivity index (χ2v) is 6.44. The number of nitro benzene ring substituents is 1. The topological polar surface area (TPSA) is 122 Å². The van der Waals surface area contributed by atoms with Gasteiger partial charge in [0.05, 0.1) is 24.1 Å². The number of phenolic OH excluding ortho intramolecular Hbond substituents is 1. The quantitative estimate of drug-likeness (QED) is 0.334. The molecule has 0 aromatic heterocycles. The Kier molecular flexibility index (Phi) is 5.49. The van der Waals surface area contributed by atoms with Gasteiger partial charge in [-0.3, -0.25) is 19.8 Å². The molecule has 1 fully saturated rings. The highest BCUT2D eigenvalue weighted by molar-refractivity contribution is 6.14. The van der Waals surface area contributed by atoms with Crippen LogP contribution in [0.2, 0.25) is 0 Å². The fourth-order valence-corrected chi connectivity index (χ4v) is 2.96. The van der Waals surface area contributed by atoms with Gasteiger partial charge in [-0.2, -0.15) is 0 Å². The van der Waals surface area contributed by atoms with E-state index in [4.69, 9.17) is 4.74 Å². The maximum atomic E-state index is 12.7. The number of carbonyl (C=O) groups is 2. The lowest BCUT2D eigenvalue weighted by Gasteiger charge is -2.12. The molecule has 150 valence electrons. The number of urea groups is 1. The highest BCUT2D eigenvalue weighted by Crippen LogP contribution is 2.36. The van der Waals surface area contributed by atoms with Gasteiger partial charge in [-0.1, -0.05) is 29.8 Å². The Hall–Kier alpha value is -3.88. The first kappa shape index (κ1) is 19.9. The first-order valence-corrected chi connectivity index (χ1v) is 8.84. The summed E-state index contributed by atoms with van der Waals surface area (Å²) in [6.45, 7) is 3.83. The summed E-state index contributed by atoms with van der Waals surface area (Å²) < 4.78 is 5.23. The molecule has 2 aromatic rings. The van der Waals surface area contributed by atoms with E-state index in [2.05, 4.69) is 5.32 Å². The maximum absolute atomic E-state index is 12.7. The van der Waals surface area contributed by atoms with Crippen molar-refractivity contribution in [3.8, 4) is 11.5 Å². The van der Waals surface area contributed by atoms with Crippen molar-refractivity contribution >= 4 is 23.7 Å². The van der Waals surface area contributed by atoms with Crippen LogP contribution in [0.4, 0.5) is 10.5 Å². The molecule has 0 spiro atoms. The molecule has 2 aromatic carbocycles. The Bertz CT molecular complexity index is 1030. The molecular weight excluding hydrogens is 378 g/mol. The van der Waals surface area contributed by atoms with Crippen molar-refractivity contribution in [1.82, 2.24) is 10.2 Å². The Labute approximate surface area is 166 Å². The zero-order valence-electron chi connectivity index (χ0n) is 15.8. The molecule has 3 amide bonds. The number of ether oxygens (including phenoxy) is 1. The van der Waals surface area contributed by atoms with Crippen molar-refractivity contribution in [3.05, 3.63) is 68.9 Å². The van der Waals surface area contributed by atoms with Crippen LogP contribution >= 0.6 is 0 Å². The monoisotopic (exact) mass is 397 g/mol. The second-order valence-electron chi connectivity index (χ2n) is 6.44. The number of nitrogens with one attached hydrogen (secondary N) is 1. The number of nitro groups is 1. The van der Waals surface area contributed by atoms with Gasteiger partial charge in [-0.15, -0.1) is 0 Å². The molecule has 29 heavy (non-hydrogen) atoms. The number of carbonyl (C=O) groups excluding carboxylic acids is 2. The Balaban J connectivity index is 1.94. The van der Waals surface area contributed by atoms with E-state index in [-0.39, 0.29) is 41.6 Å². The van der Waals surface area contributed by atoms with Crippen LogP contribution in [0, 0.1) is 17.0 Å². The van der Waals surface area contributed by atoms with Gasteiger partial charge >= 0.3 is 6.03 Å². The standard InChI is InChI=1S/C20H19N3O6/c1-3-29-17-10-15(23(27)28)8-14(18(17)24)9-16-19(25)22(20(26)21-16)11-13-6-4-5-12(2)7-13/h4-10,24H,3,11H2,1-2H3,(H,21,26)/b16-9+. The van der Waals surface area contributed by atoms with E-state index >= 15 is 0 Å². The summed E-state index contributed by atoms with van der Waals surface area (Å²) in [6, 6.07) is 8.99. The number of hydrogen-bond donors (Lipinski definition) is 2. The number of imide groups is 1. The van der Waals surface area contributed by atoms with Crippen LogP contribution in [-0.4, -0.2) is 33.5 Å². The van der Waals surface area contributed by atoms with Gasteiger partial charge in [-0.05, 0) is 25.5 Å². The van der Waals surface area contributed by atoms with Crippen LogP contribution < -0.4 is 10.1 Å². The Morgan fingerprint density at radius 1 is 1.28 bits per heavy atom. The molecule has 3 rings (SSSR count). The number of rotatable bonds is 6. The number of nitrogens with zero attached hydrogens (tertiary/aromatic N) is 2. The van der Waals surface area contributed by atoms with Gasteiger partial charge in [0, 0.05) is 11.6 Å². The lowest BCUT2D eigenvalue weighted by atomic mass is 10.1. The zero-order valence-corrected chi connectivity index (χ0v) is 15.8. The van der Waals surface area contributed by atoms with Gasteiger partial charge in [0.25, 0.3) is 11.6 Å². The van der Waals surface area contributed by atoms with E-state index in [1.54, 1.807) is 13.0 Å². The van der Waals surface area contributed by atoms with Crippen molar-refractivity contribution in [2.24, 2.45) is 0 Å². The third kappa shape index (κ3) is 4.18. The molecule has 0 saturated carbocycles. The number of phenols is 1. The summed E-state index contributed by atoms with van der Waals surface area (Å²) in [4.78, 5) is 36.5. The average molecular weight is 397 g/mol. The van der Waals surface area contributed by atoms with E-state index in [1.165, 1.54) is 6.08 Å². The molecule has 9 nitrogen and oxygen atoms in total. The number of hydrogen-bond acceptors (Lipinski definition) is 6. The zero-order chi connectivity index (χ0) is 21.1. The highest BCUT2D eigenvalue weighted by atomic mass is 16.6. The number of amides is 3. The molecule has 1 heterocycles. The predicted octanol–water partition coefficient (Wildman–Crippen LogP) is 3.10. The van der Waals surface area contributed by atoms with Crippen LogP contribution in [0.25, 0.3) is 6.08 Å². The molecule has 2 N–H and O–H groups in total. The molecule has 0 unspecified atom stereocenters. The van der Waals surface area contributed by atoms with Crippen molar-refractivity contribution in [3.63, 3.8) is 0 Å². The van der Waals surface area contributed by atoms with Gasteiger partial charge in [0.2, 0.25) is 0 Å². The minimum atomic E-state index is -0.636. The van der Waals surface area contributed by atoms with Crippen LogP contribution in [0.5, 0.6) is 11.5 Å². The van der Waals surface area contributed by atoms with Crippen molar-refractivity contribution in [1.29, 1.82) is 0 Å². The van der Waals surface area contributed by atoms with Crippen LogP contribution in [0.1, 0.15) is 23.6 Å². The van der Waals surface area contributed by atoms with Crippen LogP contribution in [0.3, 0.4) is 0 Å². The van der Waals surface area contributed by atoms with Crippen molar-refractivity contribution in [2.75, 3.05) is 6.61 Å². The van der Waals surface area contributed by atoms with Gasteiger partial charge in [-0.25, -0.2) is 4.79 Å². The Morgan fingerprint density at radius 2 is 2.03 bits per heavy atom. The fourth-order valence-electron chi connectivity index (χ4n) is 2.96. The molecule has 0 radical (unpaired) electrons. The number of benzene rings is 2. The Morgan fingerprint density at radius 3 is 2.69 bits per heavy atom. The molecule has 1 aliphatic rings. The maximum Gasteiger partial charge on any atom is 0.329 e. The first-order valence-electron chi connectivity index (χ1n) is 8.84. The third-order valence-corrected chi connectivity index (χ3v) is 4.29. The lowest BCUT2D eigenvalue weighted by Crippen LogP contribution is -2.30. The number of aryl methyl sites for hydroxylation is 1. The van der Waals surface area contributed by atoms with E-state index in [9.17, 15) is 24.8 Å². The largest absolute Gasteiger partial charge is 0.504 e. The third-order valence-electron chi connectivity index (χ3n) is 4.29. The molecule has 0 aliphatic carbocycles. The number of non-ortho nitro benzene ring substituents is 1. The summed E-state index contributed by atoms with van der Waals surface area (Å²) >= 11 is 0. The van der Waals surface area contributed by atoms with Gasteiger partial charge in [0.15, 0.2) is 11.5 Å². The summed E-state index contributed by atoms with van der Waals surface area (Å²) in [5, 5.41) is 23.9. The van der Waals surface area contributed by atoms with Crippen molar-refractivity contribution in [2.45, 2.75) is 20.4 Å². The molecule has 9 heteroatoms. The molecular formula is C20H19N3O6. The van der Waals surface area contributed by atoms with Crippen molar-refractivity contribution < 1.29 is 24.4 Å². The average Bonchev–Trinajstić information content (AvgIpc) is 2.92.